The first-order valence-corrected chi connectivity index (χ1v) is 6.03. The van der Waals surface area contributed by atoms with Crippen molar-refractivity contribution >= 4 is 10.9 Å². The van der Waals surface area contributed by atoms with Crippen molar-refractivity contribution in [2.75, 3.05) is 20.8 Å². The number of aromatic nitrogens is 1. The zero-order valence-corrected chi connectivity index (χ0v) is 11.4. The molecular weight excluding hydrogens is 228 g/mol. The van der Waals surface area contributed by atoms with Crippen LogP contribution in [-0.2, 0) is 7.05 Å². The first-order valence-electron chi connectivity index (χ1n) is 6.03. The Balaban J connectivity index is 2.75. The molecule has 0 bridgehead atoms. The van der Waals surface area contributed by atoms with E-state index in [0.29, 0.717) is 12.5 Å². The zero-order valence-electron chi connectivity index (χ0n) is 11.4. The topological polar surface area (TPSA) is 49.4 Å². The van der Waals surface area contributed by atoms with Gasteiger partial charge >= 0.3 is 0 Å². The molecule has 98 valence electrons. The Hall–Kier alpha value is -1.68. The smallest absolute Gasteiger partial charge is 0.146 e. The van der Waals surface area contributed by atoms with Gasteiger partial charge in [-0.2, -0.15) is 0 Å². The SMILES string of the molecule is COc1cc(OC)c2c(c1)c(C(C)CN)cn2C. The lowest BCUT2D eigenvalue weighted by Crippen LogP contribution is -2.08. The molecule has 2 N–H and O–H groups in total. The molecular formula is C14H20N2O2. The van der Waals surface area contributed by atoms with E-state index in [0.717, 1.165) is 22.4 Å². The summed E-state index contributed by atoms with van der Waals surface area (Å²) in [5.41, 5.74) is 8.08. The van der Waals surface area contributed by atoms with E-state index in [-0.39, 0.29) is 0 Å². The van der Waals surface area contributed by atoms with E-state index in [9.17, 15) is 0 Å². The number of methoxy groups -OCH3 is 2. The maximum atomic E-state index is 5.77. The minimum absolute atomic E-state index is 0.311. The number of nitrogens with two attached hydrogens (primary N) is 1. The molecule has 4 nitrogen and oxygen atoms in total. The molecule has 1 aromatic heterocycles. The maximum Gasteiger partial charge on any atom is 0.146 e. The Morgan fingerprint density at radius 1 is 1.28 bits per heavy atom. The van der Waals surface area contributed by atoms with E-state index in [4.69, 9.17) is 15.2 Å². The third-order valence-corrected chi connectivity index (χ3v) is 3.38. The highest BCUT2D eigenvalue weighted by molar-refractivity contribution is 5.91. The average molecular weight is 248 g/mol. The quantitative estimate of drug-likeness (QED) is 0.903. The summed E-state index contributed by atoms with van der Waals surface area (Å²) in [7, 11) is 5.35. The maximum absolute atomic E-state index is 5.77. The van der Waals surface area contributed by atoms with Gasteiger partial charge in [-0.25, -0.2) is 0 Å². The largest absolute Gasteiger partial charge is 0.497 e. The van der Waals surface area contributed by atoms with Crippen LogP contribution < -0.4 is 15.2 Å². The lowest BCUT2D eigenvalue weighted by molar-refractivity contribution is 0.397. The van der Waals surface area contributed by atoms with E-state index < -0.39 is 0 Å². The van der Waals surface area contributed by atoms with E-state index in [1.165, 1.54) is 5.56 Å². The van der Waals surface area contributed by atoms with Gasteiger partial charge in [-0.3, -0.25) is 0 Å². The molecule has 18 heavy (non-hydrogen) atoms. The molecule has 0 radical (unpaired) electrons. The third-order valence-electron chi connectivity index (χ3n) is 3.38. The summed E-state index contributed by atoms with van der Waals surface area (Å²) < 4.78 is 12.8. The number of aryl methyl sites for hydroxylation is 1. The molecule has 0 amide bonds. The van der Waals surface area contributed by atoms with Gasteiger partial charge in [0.05, 0.1) is 19.7 Å². The van der Waals surface area contributed by atoms with Gasteiger partial charge in [-0.1, -0.05) is 6.92 Å². The summed E-state index contributed by atoms with van der Waals surface area (Å²) in [4.78, 5) is 0. The van der Waals surface area contributed by atoms with Gasteiger partial charge in [0.1, 0.15) is 11.5 Å². The standard InChI is InChI=1S/C14H20N2O2/c1-9(7-15)12-8-16(2)14-11(12)5-10(17-3)6-13(14)18-4/h5-6,8-9H,7,15H2,1-4H3. The first kappa shape index (κ1) is 12.8. The van der Waals surface area contributed by atoms with Crippen molar-refractivity contribution in [3.8, 4) is 11.5 Å². The Morgan fingerprint density at radius 2 is 2.00 bits per heavy atom. The van der Waals surface area contributed by atoms with Gasteiger partial charge < -0.3 is 19.8 Å². The van der Waals surface area contributed by atoms with Crippen molar-refractivity contribution in [3.05, 3.63) is 23.9 Å². The molecule has 0 aliphatic carbocycles. The Kier molecular flexibility index (Phi) is 3.48. The van der Waals surface area contributed by atoms with Gasteiger partial charge in [0.15, 0.2) is 0 Å². The molecule has 2 aromatic rings. The molecule has 1 atom stereocenters. The molecule has 2 rings (SSSR count). The van der Waals surface area contributed by atoms with Crippen LogP contribution in [0.15, 0.2) is 18.3 Å². The molecule has 1 unspecified atom stereocenters. The van der Waals surface area contributed by atoms with Crippen LogP contribution >= 0.6 is 0 Å². The highest BCUT2D eigenvalue weighted by Gasteiger charge is 2.16. The minimum Gasteiger partial charge on any atom is -0.497 e. The fourth-order valence-electron chi connectivity index (χ4n) is 2.30. The predicted octanol–water partition coefficient (Wildman–Crippen LogP) is 2.26. The highest BCUT2D eigenvalue weighted by Crippen LogP contribution is 2.36. The van der Waals surface area contributed by atoms with Crippen molar-refractivity contribution < 1.29 is 9.47 Å². The van der Waals surface area contributed by atoms with Crippen LogP contribution in [0.2, 0.25) is 0 Å². The van der Waals surface area contributed by atoms with E-state index in [1.54, 1.807) is 14.2 Å². The lowest BCUT2D eigenvalue weighted by Gasteiger charge is -2.10. The fourth-order valence-corrected chi connectivity index (χ4v) is 2.30. The number of rotatable bonds is 4. The summed E-state index contributed by atoms with van der Waals surface area (Å²) in [5.74, 6) is 1.93. The molecule has 0 saturated heterocycles. The number of ether oxygens (including phenoxy) is 2. The summed E-state index contributed by atoms with van der Waals surface area (Å²) in [5, 5.41) is 1.15. The highest BCUT2D eigenvalue weighted by atomic mass is 16.5. The van der Waals surface area contributed by atoms with Crippen LogP contribution in [0.25, 0.3) is 10.9 Å². The summed E-state index contributed by atoms with van der Waals surface area (Å²) in [6.07, 6.45) is 2.12. The van der Waals surface area contributed by atoms with Crippen molar-refractivity contribution in [3.63, 3.8) is 0 Å². The van der Waals surface area contributed by atoms with E-state index in [1.807, 2.05) is 19.2 Å². The van der Waals surface area contributed by atoms with Crippen molar-refractivity contribution in [1.82, 2.24) is 4.57 Å². The van der Waals surface area contributed by atoms with Crippen LogP contribution in [-0.4, -0.2) is 25.3 Å². The van der Waals surface area contributed by atoms with Crippen LogP contribution in [0, 0.1) is 0 Å². The predicted molar refractivity (Wildman–Crippen MR) is 73.5 cm³/mol. The molecule has 0 fully saturated rings. The molecule has 1 heterocycles. The molecule has 1 aromatic carbocycles. The summed E-state index contributed by atoms with van der Waals surface area (Å²) in [6.45, 7) is 2.75. The second-order valence-corrected chi connectivity index (χ2v) is 4.56. The zero-order chi connectivity index (χ0) is 13.3. The Morgan fingerprint density at radius 3 is 2.56 bits per heavy atom. The third kappa shape index (κ3) is 1.93. The number of hydrogen-bond donors (Lipinski definition) is 1. The van der Waals surface area contributed by atoms with Crippen molar-refractivity contribution in [2.24, 2.45) is 12.8 Å². The molecule has 4 heteroatoms. The fraction of sp³-hybridized carbons (Fsp3) is 0.429. The average Bonchev–Trinajstić information content (AvgIpc) is 2.74. The van der Waals surface area contributed by atoms with Gasteiger partial charge in [-0.05, 0) is 24.1 Å². The number of nitrogens with zero attached hydrogens (tertiary/aromatic N) is 1. The second kappa shape index (κ2) is 4.90. The molecule has 0 spiro atoms. The summed E-state index contributed by atoms with van der Waals surface area (Å²) >= 11 is 0. The molecule has 0 saturated carbocycles. The monoisotopic (exact) mass is 248 g/mol. The van der Waals surface area contributed by atoms with Gasteiger partial charge in [-0.15, -0.1) is 0 Å². The number of hydrogen-bond acceptors (Lipinski definition) is 3. The molecule has 0 aliphatic heterocycles. The van der Waals surface area contributed by atoms with Crippen LogP contribution in [0.3, 0.4) is 0 Å². The van der Waals surface area contributed by atoms with E-state index in [2.05, 4.69) is 17.7 Å². The van der Waals surface area contributed by atoms with Crippen LogP contribution in [0.5, 0.6) is 11.5 Å². The van der Waals surface area contributed by atoms with E-state index >= 15 is 0 Å². The minimum atomic E-state index is 0.311. The van der Waals surface area contributed by atoms with Gasteiger partial charge in [0.25, 0.3) is 0 Å². The second-order valence-electron chi connectivity index (χ2n) is 4.56. The Bertz CT molecular complexity index is 560. The van der Waals surface area contributed by atoms with Gasteiger partial charge in [0, 0.05) is 24.7 Å². The summed E-state index contributed by atoms with van der Waals surface area (Å²) in [6, 6.07) is 3.94. The Labute approximate surface area is 107 Å². The molecule has 0 aliphatic rings. The van der Waals surface area contributed by atoms with Crippen molar-refractivity contribution in [1.29, 1.82) is 0 Å². The number of fused-ring (bicyclic) bond motifs is 1. The van der Waals surface area contributed by atoms with Crippen LogP contribution in [0.1, 0.15) is 18.4 Å². The number of benzene rings is 1. The normalized spacial score (nSPS) is 12.7. The van der Waals surface area contributed by atoms with Crippen LogP contribution in [0.4, 0.5) is 0 Å². The van der Waals surface area contributed by atoms with Crippen molar-refractivity contribution in [2.45, 2.75) is 12.8 Å². The first-order chi connectivity index (χ1) is 8.62. The lowest BCUT2D eigenvalue weighted by atomic mass is 10.0. The van der Waals surface area contributed by atoms with Gasteiger partial charge in [0.2, 0.25) is 0 Å².